The lowest BCUT2D eigenvalue weighted by Gasteiger charge is -2.11. The summed E-state index contributed by atoms with van der Waals surface area (Å²) in [5.74, 6) is 1.37. The topological polar surface area (TPSA) is 63.2 Å². The molecule has 0 saturated heterocycles. The van der Waals surface area contributed by atoms with Crippen molar-refractivity contribution in [1.82, 2.24) is 4.98 Å². The highest BCUT2D eigenvalue weighted by molar-refractivity contribution is 6.04. The minimum absolute atomic E-state index is 0.147. The number of nitrogens with zero attached hydrogens (tertiary/aromatic N) is 1. The fraction of sp³-hybridized carbons (Fsp3) is 0.143. The molecule has 5 heteroatoms. The number of benzene rings is 2. The molecule has 0 unspecified atom stereocenters. The lowest BCUT2D eigenvalue weighted by atomic mass is 10.2. The third kappa shape index (κ3) is 4.83. The quantitative estimate of drug-likeness (QED) is 0.668. The number of ether oxygens (including phenoxy) is 1. The van der Waals surface area contributed by atoms with E-state index >= 15 is 0 Å². The molecular weight excluding hydrogens is 326 g/mol. The van der Waals surface area contributed by atoms with Gasteiger partial charge in [0, 0.05) is 11.3 Å². The van der Waals surface area contributed by atoms with Gasteiger partial charge in [-0.05, 0) is 62.4 Å². The third-order valence-electron chi connectivity index (χ3n) is 3.56. The molecule has 2 N–H and O–H groups in total. The maximum Gasteiger partial charge on any atom is 0.255 e. The maximum absolute atomic E-state index is 12.1. The van der Waals surface area contributed by atoms with Crippen LogP contribution in [0.15, 0.2) is 72.9 Å². The predicted octanol–water partition coefficient (Wildman–Crippen LogP) is 4.86. The van der Waals surface area contributed by atoms with Gasteiger partial charge in [0.25, 0.3) is 5.91 Å². The van der Waals surface area contributed by atoms with Crippen LogP contribution in [0, 0.1) is 0 Å². The zero-order valence-electron chi connectivity index (χ0n) is 14.8. The minimum Gasteiger partial charge on any atom is -0.491 e. The molecule has 0 radical (unpaired) electrons. The van der Waals surface area contributed by atoms with Crippen LogP contribution in [0.3, 0.4) is 0 Å². The standard InChI is InChI=1S/C21H21N3O2/c1-15(2)26-19-11-8-17(9-12-19)23-20-13-10-18(14-22-20)24-21(25)16-6-4-3-5-7-16/h3-15H,1-2H3,(H,22,23)(H,24,25). The highest BCUT2D eigenvalue weighted by Gasteiger charge is 2.05. The van der Waals surface area contributed by atoms with Crippen LogP contribution in [0.1, 0.15) is 24.2 Å². The zero-order chi connectivity index (χ0) is 18.4. The second-order valence-electron chi connectivity index (χ2n) is 6.07. The summed E-state index contributed by atoms with van der Waals surface area (Å²) in [5, 5.41) is 6.05. The van der Waals surface area contributed by atoms with E-state index in [1.807, 2.05) is 68.4 Å². The van der Waals surface area contributed by atoms with Crippen LogP contribution < -0.4 is 15.4 Å². The second-order valence-corrected chi connectivity index (χ2v) is 6.07. The summed E-state index contributed by atoms with van der Waals surface area (Å²) in [4.78, 5) is 16.5. The number of hydrogen-bond donors (Lipinski definition) is 2. The Morgan fingerprint density at radius 3 is 2.23 bits per heavy atom. The van der Waals surface area contributed by atoms with Crippen molar-refractivity contribution in [2.75, 3.05) is 10.6 Å². The van der Waals surface area contributed by atoms with Crippen molar-refractivity contribution in [1.29, 1.82) is 0 Å². The van der Waals surface area contributed by atoms with Crippen LogP contribution in [0.25, 0.3) is 0 Å². The lowest BCUT2D eigenvalue weighted by molar-refractivity contribution is 0.102. The fourth-order valence-electron chi connectivity index (χ4n) is 2.37. The van der Waals surface area contributed by atoms with Crippen molar-refractivity contribution >= 4 is 23.1 Å². The minimum atomic E-state index is -0.158. The third-order valence-corrected chi connectivity index (χ3v) is 3.56. The van der Waals surface area contributed by atoms with Crippen molar-refractivity contribution in [3.8, 4) is 5.75 Å². The predicted molar refractivity (Wildman–Crippen MR) is 104 cm³/mol. The summed E-state index contributed by atoms with van der Waals surface area (Å²) >= 11 is 0. The number of rotatable bonds is 6. The van der Waals surface area contributed by atoms with Gasteiger partial charge in [0.05, 0.1) is 18.0 Å². The van der Waals surface area contributed by atoms with Crippen molar-refractivity contribution in [3.05, 3.63) is 78.5 Å². The molecule has 26 heavy (non-hydrogen) atoms. The van der Waals surface area contributed by atoms with Gasteiger partial charge in [-0.2, -0.15) is 0 Å². The van der Waals surface area contributed by atoms with Crippen LogP contribution in [0.4, 0.5) is 17.2 Å². The molecule has 0 atom stereocenters. The van der Waals surface area contributed by atoms with Crippen LogP contribution in [0.2, 0.25) is 0 Å². The van der Waals surface area contributed by atoms with E-state index in [-0.39, 0.29) is 12.0 Å². The molecule has 0 aliphatic rings. The van der Waals surface area contributed by atoms with E-state index in [2.05, 4.69) is 15.6 Å². The average Bonchev–Trinajstić information content (AvgIpc) is 2.65. The summed E-state index contributed by atoms with van der Waals surface area (Å²) in [6.07, 6.45) is 1.77. The fourth-order valence-corrected chi connectivity index (χ4v) is 2.37. The van der Waals surface area contributed by atoms with E-state index in [1.165, 1.54) is 0 Å². The van der Waals surface area contributed by atoms with Crippen molar-refractivity contribution < 1.29 is 9.53 Å². The van der Waals surface area contributed by atoms with Gasteiger partial charge in [-0.1, -0.05) is 18.2 Å². The Morgan fingerprint density at radius 1 is 0.923 bits per heavy atom. The van der Waals surface area contributed by atoms with E-state index in [0.717, 1.165) is 11.4 Å². The van der Waals surface area contributed by atoms with Crippen LogP contribution in [0.5, 0.6) is 5.75 Å². The lowest BCUT2D eigenvalue weighted by Crippen LogP contribution is -2.11. The number of hydrogen-bond acceptors (Lipinski definition) is 4. The number of carbonyl (C=O) groups excluding carboxylic acids is 1. The van der Waals surface area contributed by atoms with Crippen LogP contribution in [-0.2, 0) is 0 Å². The number of anilines is 3. The normalized spacial score (nSPS) is 10.4. The first-order valence-corrected chi connectivity index (χ1v) is 8.46. The van der Waals surface area contributed by atoms with Crippen LogP contribution in [-0.4, -0.2) is 17.0 Å². The molecular formula is C21H21N3O2. The van der Waals surface area contributed by atoms with Gasteiger partial charge >= 0.3 is 0 Å². The Morgan fingerprint density at radius 2 is 1.62 bits per heavy atom. The molecule has 0 bridgehead atoms. The first-order valence-electron chi connectivity index (χ1n) is 8.46. The Balaban J connectivity index is 1.60. The summed E-state index contributed by atoms with van der Waals surface area (Å²) in [6, 6.07) is 20.4. The molecule has 3 rings (SSSR count). The first kappa shape index (κ1) is 17.5. The van der Waals surface area contributed by atoms with Gasteiger partial charge in [-0.25, -0.2) is 4.98 Å². The largest absolute Gasteiger partial charge is 0.491 e. The van der Waals surface area contributed by atoms with E-state index in [4.69, 9.17) is 4.74 Å². The van der Waals surface area contributed by atoms with Crippen molar-refractivity contribution in [2.24, 2.45) is 0 Å². The second kappa shape index (κ2) is 8.16. The number of aromatic nitrogens is 1. The number of pyridine rings is 1. The van der Waals surface area contributed by atoms with Gasteiger partial charge < -0.3 is 15.4 Å². The molecule has 5 nitrogen and oxygen atoms in total. The summed E-state index contributed by atoms with van der Waals surface area (Å²) in [5.41, 5.74) is 2.16. The first-order chi connectivity index (χ1) is 12.6. The molecule has 1 amide bonds. The molecule has 1 aromatic heterocycles. The highest BCUT2D eigenvalue weighted by atomic mass is 16.5. The molecule has 2 aromatic carbocycles. The molecule has 1 heterocycles. The Hall–Kier alpha value is -3.34. The van der Waals surface area contributed by atoms with Gasteiger partial charge in [-0.3, -0.25) is 4.79 Å². The SMILES string of the molecule is CC(C)Oc1ccc(Nc2ccc(NC(=O)c3ccccc3)cn2)cc1. The molecule has 132 valence electrons. The van der Waals surface area contributed by atoms with Gasteiger partial charge in [-0.15, -0.1) is 0 Å². The summed E-state index contributed by atoms with van der Waals surface area (Å²) < 4.78 is 5.62. The Kier molecular flexibility index (Phi) is 5.49. The van der Waals surface area contributed by atoms with Crippen molar-refractivity contribution in [3.63, 3.8) is 0 Å². The van der Waals surface area contributed by atoms with Gasteiger partial charge in [0.1, 0.15) is 11.6 Å². The summed E-state index contributed by atoms with van der Waals surface area (Å²) in [6.45, 7) is 3.99. The smallest absolute Gasteiger partial charge is 0.255 e. The van der Waals surface area contributed by atoms with Gasteiger partial charge in [0.15, 0.2) is 0 Å². The van der Waals surface area contributed by atoms with E-state index in [0.29, 0.717) is 17.1 Å². The molecule has 0 fully saturated rings. The van der Waals surface area contributed by atoms with E-state index in [9.17, 15) is 4.79 Å². The molecule has 3 aromatic rings. The number of amides is 1. The molecule has 0 spiro atoms. The van der Waals surface area contributed by atoms with Gasteiger partial charge in [0.2, 0.25) is 0 Å². The molecule has 0 saturated carbocycles. The highest BCUT2D eigenvalue weighted by Crippen LogP contribution is 2.20. The molecule has 0 aliphatic carbocycles. The number of carbonyl (C=O) groups is 1. The van der Waals surface area contributed by atoms with Crippen molar-refractivity contribution in [2.45, 2.75) is 20.0 Å². The van der Waals surface area contributed by atoms with E-state index in [1.54, 1.807) is 18.3 Å². The van der Waals surface area contributed by atoms with E-state index < -0.39 is 0 Å². The van der Waals surface area contributed by atoms with Crippen LogP contribution >= 0.6 is 0 Å². The summed E-state index contributed by atoms with van der Waals surface area (Å²) in [7, 11) is 0. The average molecular weight is 347 g/mol. The Labute approximate surface area is 153 Å². The maximum atomic E-state index is 12.1. The zero-order valence-corrected chi connectivity index (χ0v) is 14.8. The molecule has 0 aliphatic heterocycles. The monoisotopic (exact) mass is 347 g/mol. The number of nitrogens with one attached hydrogen (secondary N) is 2. The Bertz CT molecular complexity index is 845.